The number of carbonyl (C=O) groups is 3. The summed E-state index contributed by atoms with van der Waals surface area (Å²) < 4.78 is 5.06. The van der Waals surface area contributed by atoms with Crippen LogP contribution in [0.4, 0.5) is 0 Å². The summed E-state index contributed by atoms with van der Waals surface area (Å²) in [6.45, 7) is 0.0434. The Labute approximate surface area is 137 Å². The first-order chi connectivity index (χ1) is 10.8. The summed E-state index contributed by atoms with van der Waals surface area (Å²) in [7, 11) is 1.42. The number of halogens is 1. The Hall–Kier alpha value is -2.28. The van der Waals surface area contributed by atoms with Crippen molar-refractivity contribution in [3.05, 3.63) is 28.8 Å². The molecule has 8 heteroatoms. The lowest BCUT2D eigenvalue weighted by Gasteiger charge is -2.23. The Bertz CT molecular complexity index is 661. The minimum absolute atomic E-state index is 0.102. The third-order valence-electron chi connectivity index (χ3n) is 3.98. The number of nitrogens with zero attached hydrogens (tertiary/aromatic N) is 1. The van der Waals surface area contributed by atoms with E-state index < -0.39 is 23.8 Å². The molecule has 1 aromatic rings. The van der Waals surface area contributed by atoms with Gasteiger partial charge in [-0.05, 0) is 24.6 Å². The van der Waals surface area contributed by atoms with E-state index in [1.54, 1.807) is 0 Å². The summed E-state index contributed by atoms with van der Waals surface area (Å²) in [4.78, 5) is 36.3. The van der Waals surface area contributed by atoms with E-state index in [1.165, 1.54) is 30.2 Å². The van der Waals surface area contributed by atoms with Crippen LogP contribution in [0.5, 0.6) is 5.75 Å². The molecule has 0 saturated carbocycles. The van der Waals surface area contributed by atoms with Crippen LogP contribution in [0.1, 0.15) is 23.2 Å². The fourth-order valence-corrected chi connectivity index (χ4v) is 2.90. The number of benzene rings is 1. The Kier molecular flexibility index (Phi) is 4.79. The lowest BCUT2D eigenvalue weighted by molar-refractivity contribution is -0.154. The summed E-state index contributed by atoms with van der Waals surface area (Å²) in [6, 6.07) is 4.51. The number of aliphatic carboxylic acids is 2. The van der Waals surface area contributed by atoms with Gasteiger partial charge in [0.25, 0.3) is 5.91 Å². The highest BCUT2D eigenvalue weighted by Gasteiger charge is 2.47. The van der Waals surface area contributed by atoms with Crippen molar-refractivity contribution in [1.82, 2.24) is 4.90 Å². The molecule has 0 spiro atoms. The lowest BCUT2D eigenvalue weighted by atomic mass is 9.84. The topological polar surface area (TPSA) is 104 Å². The molecule has 1 saturated heterocycles. The van der Waals surface area contributed by atoms with Crippen LogP contribution in [0.15, 0.2) is 18.2 Å². The van der Waals surface area contributed by atoms with Gasteiger partial charge in [-0.2, -0.15) is 0 Å². The van der Waals surface area contributed by atoms with Gasteiger partial charge in [-0.3, -0.25) is 14.4 Å². The molecular weight excluding hydrogens is 326 g/mol. The molecule has 0 bridgehead atoms. The molecular formula is C15H16ClNO6. The fraction of sp³-hybridized carbons (Fsp3) is 0.400. The largest absolute Gasteiger partial charge is 0.495 e. The molecule has 2 rings (SSSR count). The predicted molar refractivity (Wildman–Crippen MR) is 80.8 cm³/mol. The summed E-state index contributed by atoms with van der Waals surface area (Å²) in [5.41, 5.74) is -1.14. The van der Waals surface area contributed by atoms with Crippen LogP contribution in [-0.4, -0.2) is 53.2 Å². The smallest absolute Gasteiger partial charge is 0.312 e. The highest BCUT2D eigenvalue weighted by atomic mass is 35.5. The van der Waals surface area contributed by atoms with Gasteiger partial charge in [-0.15, -0.1) is 0 Å². The van der Waals surface area contributed by atoms with Crippen LogP contribution in [0.2, 0.25) is 5.02 Å². The van der Waals surface area contributed by atoms with E-state index in [9.17, 15) is 19.5 Å². The van der Waals surface area contributed by atoms with Crippen molar-refractivity contribution < 1.29 is 29.3 Å². The maximum Gasteiger partial charge on any atom is 0.312 e. The second-order valence-corrected chi connectivity index (χ2v) is 5.89. The first-order valence-corrected chi connectivity index (χ1v) is 7.25. The molecule has 1 unspecified atom stereocenters. The predicted octanol–water partition coefficient (Wildman–Crippen LogP) is 1.74. The van der Waals surface area contributed by atoms with E-state index in [2.05, 4.69) is 0 Å². The molecule has 2 N–H and O–H groups in total. The normalized spacial score (nSPS) is 20.3. The number of rotatable bonds is 5. The van der Waals surface area contributed by atoms with Gasteiger partial charge in [0, 0.05) is 18.7 Å². The van der Waals surface area contributed by atoms with Crippen LogP contribution >= 0.6 is 11.6 Å². The zero-order valence-corrected chi connectivity index (χ0v) is 13.2. The molecule has 1 aliphatic heterocycles. The van der Waals surface area contributed by atoms with E-state index in [1.807, 2.05) is 0 Å². The van der Waals surface area contributed by atoms with E-state index in [0.29, 0.717) is 16.3 Å². The second kappa shape index (κ2) is 6.45. The number of ether oxygens (including phenoxy) is 1. The van der Waals surface area contributed by atoms with Crippen molar-refractivity contribution in [1.29, 1.82) is 0 Å². The van der Waals surface area contributed by atoms with Gasteiger partial charge in [0.05, 0.1) is 24.0 Å². The number of carboxylic acids is 2. The minimum atomic E-state index is -1.45. The Balaban J connectivity index is 2.22. The van der Waals surface area contributed by atoms with Gasteiger partial charge in [0.2, 0.25) is 0 Å². The van der Waals surface area contributed by atoms with E-state index in [4.69, 9.17) is 21.4 Å². The molecule has 1 fully saturated rings. The highest BCUT2D eigenvalue weighted by molar-refractivity contribution is 6.32. The van der Waals surface area contributed by atoms with Gasteiger partial charge in [0.1, 0.15) is 5.75 Å². The van der Waals surface area contributed by atoms with Crippen molar-refractivity contribution in [3.63, 3.8) is 0 Å². The average Bonchev–Trinajstić information content (AvgIpc) is 2.91. The summed E-state index contributed by atoms with van der Waals surface area (Å²) in [5.74, 6) is -2.45. The maximum absolute atomic E-state index is 12.5. The van der Waals surface area contributed by atoms with E-state index in [-0.39, 0.29) is 25.4 Å². The zero-order chi connectivity index (χ0) is 17.2. The first kappa shape index (κ1) is 17.1. The van der Waals surface area contributed by atoms with Crippen LogP contribution < -0.4 is 4.74 Å². The van der Waals surface area contributed by atoms with E-state index in [0.717, 1.165) is 0 Å². The van der Waals surface area contributed by atoms with Crippen molar-refractivity contribution in [3.8, 4) is 5.75 Å². The van der Waals surface area contributed by atoms with Crippen molar-refractivity contribution in [2.24, 2.45) is 5.41 Å². The molecule has 1 heterocycles. The number of amides is 1. The van der Waals surface area contributed by atoms with Crippen LogP contribution in [0.3, 0.4) is 0 Å². The third-order valence-corrected chi connectivity index (χ3v) is 4.29. The number of methoxy groups -OCH3 is 1. The van der Waals surface area contributed by atoms with Crippen molar-refractivity contribution in [2.75, 3.05) is 20.2 Å². The number of hydrogen-bond donors (Lipinski definition) is 2. The van der Waals surface area contributed by atoms with Crippen LogP contribution in [0, 0.1) is 5.41 Å². The monoisotopic (exact) mass is 341 g/mol. The minimum Gasteiger partial charge on any atom is -0.495 e. The van der Waals surface area contributed by atoms with Crippen molar-refractivity contribution in [2.45, 2.75) is 12.8 Å². The Morgan fingerprint density at radius 3 is 2.61 bits per heavy atom. The van der Waals surface area contributed by atoms with Crippen LogP contribution in [-0.2, 0) is 9.59 Å². The van der Waals surface area contributed by atoms with Gasteiger partial charge >= 0.3 is 11.9 Å². The summed E-state index contributed by atoms with van der Waals surface area (Å²) in [5, 5.41) is 18.7. The number of likely N-dealkylation sites (tertiary alicyclic amines) is 1. The fourth-order valence-electron chi connectivity index (χ4n) is 2.71. The number of carboxylic acid groups (broad SMARTS) is 2. The maximum atomic E-state index is 12.5. The van der Waals surface area contributed by atoms with Gasteiger partial charge in [-0.1, -0.05) is 11.6 Å². The third kappa shape index (κ3) is 3.39. The molecule has 1 aromatic carbocycles. The quantitative estimate of drug-likeness (QED) is 0.845. The van der Waals surface area contributed by atoms with Gasteiger partial charge in [0.15, 0.2) is 0 Å². The summed E-state index contributed by atoms with van der Waals surface area (Å²) in [6.07, 6.45) is -0.416. The van der Waals surface area contributed by atoms with Crippen molar-refractivity contribution >= 4 is 29.4 Å². The zero-order valence-electron chi connectivity index (χ0n) is 12.4. The second-order valence-electron chi connectivity index (χ2n) is 5.48. The molecule has 1 atom stereocenters. The Morgan fingerprint density at radius 1 is 1.35 bits per heavy atom. The highest BCUT2D eigenvalue weighted by Crippen LogP contribution is 2.35. The molecule has 0 radical (unpaired) electrons. The number of carbonyl (C=O) groups excluding carboxylic acids is 1. The molecule has 7 nitrogen and oxygen atoms in total. The molecule has 124 valence electrons. The average molecular weight is 342 g/mol. The number of hydrogen-bond acceptors (Lipinski definition) is 4. The van der Waals surface area contributed by atoms with Crippen LogP contribution in [0.25, 0.3) is 0 Å². The first-order valence-electron chi connectivity index (χ1n) is 6.87. The molecule has 0 aliphatic carbocycles. The molecule has 1 amide bonds. The molecule has 0 aromatic heterocycles. The standard InChI is InChI=1S/C15H16ClNO6/c1-23-11-6-9(2-3-10(11)16)13(20)17-5-4-15(8-17,14(21)22)7-12(18)19/h2-3,6H,4-5,7-8H2,1H3,(H,18,19)(H,21,22). The Morgan fingerprint density at radius 2 is 2.04 bits per heavy atom. The SMILES string of the molecule is COc1cc(C(=O)N2CCC(CC(=O)O)(C(=O)O)C2)ccc1Cl. The van der Waals surface area contributed by atoms with Gasteiger partial charge in [-0.25, -0.2) is 0 Å². The lowest BCUT2D eigenvalue weighted by Crippen LogP contribution is -2.38. The molecule has 23 heavy (non-hydrogen) atoms. The van der Waals surface area contributed by atoms with Gasteiger partial charge < -0.3 is 19.8 Å². The van der Waals surface area contributed by atoms with E-state index >= 15 is 0 Å². The summed E-state index contributed by atoms with van der Waals surface area (Å²) >= 11 is 5.91. The molecule has 1 aliphatic rings.